The molecule has 0 aliphatic heterocycles. The quantitative estimate of drug-likeness (QED) is 0.724. The van der Waals surface area contributed by atoms with Gasteiger partial charge in [0.15, 0.2) is 11.6 Å². The lowest BCUT2D eigenvalue weighted by atomic mass is 10.1. The van der Waals surface area contributed by atoms with Crippen molar-refractivity contribution in [3.63, 3.8) is 0 Å². The van der Waals surface area contributed by atoms with Crippen LogP contribution in [0, 0.1) is 6.92 Å². The van der Waals surface area contributed by atoms with Crippen molar-refractivity contribution in [1.29, 1.82) is 0 Å². The summed E-state index contributed by atoms with van der Waals surface area (Å²) >= 11 is 0. The standard InChI is InChI=1S/C21H20N2O3/c1-15-8-3-4-9-16(15)14-26-19-12-7-13-22-20(19)23-21(24)17-10-5-6-11-18(17)25-2/h3-13H,14H2,1-2H3,(H,22,23,24). The molecule has 0 bridgehead atoms. The van der Waals surface area contributed by atoms with Gasteiger partial charge < -0.3 is 14.8 Å². The molecule has 1 amide bonds. The SMILES string of the molecule is COc1ccccc1C(=O)Nc1ncccc1OCc1ccccc1C. The molecule has 0 aliphatic carbocycles. The molecule has 1 heterocycles. The van der Waals surface area contributed by atoms with Crippen LogP contribution in [0.2, 0.25) is 0 Å². The molecule has 0 atom stereocenters. The second kappa shape index (κ2) is 8.16. The van der Waals surface area contributed by atoms with Gasteiger partial charge in [-0.25, -0.2) is 4.98 Å². The molecule has 5 heteroatoms. The van der Waals surface area contributed by atoms with Gasteiger partial charge >= 0.3 is 0 Å². The largest absolute Gasteiger partial charge is 0.496 e. The lowest BCUT2D eigenvalue weighted by Gasteiger charge is -2.13. The molecule has 0 aliphatic rings. The highest BCUT2D eigenvalue weighted by Gasteiger charge is 2.15. The molecule has 0 saturated carbocycles. The van der Waals surface area contributed by atoms with Gasteiger partial charge in [-0.1, -0.05) is 36.4 Å². The summed E-state index contributed by atoms with van der Waals surface area (Å²) in [5, 5.41) is 2.80. The summed E-state index contributed by atoms with van der Waals surface area (Å²) in [6.45, 7) is 2.43. The zero-order valence-corrected chi connectivity index (χ0v) is 14.7. The number of aryl methyl sites for hydroxylation is 1. The molecule has 26 heavy (non-hydrogen) atoms. The maximum atomic E-state index is 12.6. The Balaban J connectivity index is 1.77. The summed E-state index contributed by atoms with van der Waals surface area (Å²) in [6, 6.07) is 18.6. The van der Waals surface area contributed by atoms with E-state index in [0.717, 1.165) is 11.1 Å². The van der Waals surface area contributed by atoms with Gasteiger partial charge in [-0.05, 0) is 42.3 Å². The first-order chi connectivity index (χ1) is 12.7. The van der Waals surface area contributed by atoms with Crippen LogP contribution >= 0.6 is 0 Å². The van der Waals surface area contributed by atoms with Crippen molar-refractivity contribution in [2.45, 2.75) is 13.5 Å². The van der Waals surface area contributed by atoms with E-state index in [1.165, 1.54) is 7.11 Å². The Labute approximate surface area is 152 Å². The van der Waals surface area contributed by atoms with Crippen LogP contribution < -0.4 is 14.8 Å². The molecule has 1 N–H and O–H groups in total. The Morgan fingerprint density at radius 1 is 1.00 bits per heavy atom. The number of ether oxygens (including phenoxy) is 2. The molecule has 0 saturated heterocycles. The first-order valence-electron chi connectivity index (χ1n) is 8.25. The van der Waals surface area contributed by atoms with Gasteiger partial charge in [-0.3, -0.25) is 4.79 Å². The highest BCUT2D eigenvalue weighted by molar-refractivity contribution is 6.06. The van der Waals surface area contributed by atoms with Crippen LogP contribution in [0.25, 0.3) is 0 Å². The van der Waals surface area contributed by atoms with E-state index in [4.69, 9.17) is 9.47 Å². The fourth-order valence-corrected chi connectivity index (χ4v) is 2.54. The van der Waals surface area contributed by atoms with Crippen LogP contribution in [0.15, 0.2) is 66.9 Å². The van der Waals surface area contributed by atoms with Crippen molar-refractivity contribution in [3.05, 3.63) is 83.6 Å². The number of carbonyl (C=O) groups excluding carboxylic acids is 1. The third kappa shape index (κ3) is 4.00. The zero-order valence-electron chi connectivity index (χ0n) is 14.7. The topological polar surface area (TPSA) is 60.5 Å². The Kier molecular flexibility index (Phi) is 5.49. The number of methoxy groups -OCH3 is 1. The fourth-order valence-electron chi connectivity index (χ4n) is 2.54. The fraction of sp³-hybridized carbons (Fsp3) is 0.143. The third-order valence-electron chi connectivity index (χ3n) is 4.00. The van der Waals surface area contributed by atoms with E-state index in [-0.39, 0.29) is 5.91 Å². The van der Waals surface area contributed by atoms with E-state index in [1.54, 1.807) is 36.5 Å². The summed E-state index contributed by atoms with van der Waals surface area (Å²) in [5.74, 6) is 1.08. The average Bonchev–Trinajstić information content (AvgIpc) is 2.68. The van der Waals surface area contributed by atoms with Gasteiger partial charge in [0.25, 0.3) is 5.91 Å². The molecule has 3 rings (SSSR count). The first-order valence-corrected chi connectivity index (χ1v) is 8.25. The van der Waals surface area contributed by atoms with Gasteiger partial charge in [0.2, 0.25) is 0 Å². The van der Waals surface area contributed by atoms with Crippen molar-refractivity contribution in [3.8, 4) is 11.5 Å². The minimum Gasteiger partial charge on any atom is -0.496 e. The third-order valence-corrected chi connectivity index (χ3v) is 4.00. The van der Waals surface area contributed by atoms with Crippen LogP contribution in [0.5, 0.6) is 11.5 Å². The van der Waals surface area contributed by atoms with Crippen molar-refractivity contribution in [2.75, 3.05) is 12.4 Å². The van der Waals surface area contributed by atoms with Crippen molar-refractivity contribution in [2.24, 2.45) is 0 Å². The Morgan fingerprint density at radius 2 is 1.73 bits per heavy atom. The van der Waals surface area contributed by atoms with Gasteiger partial charge in [0.1, 0.15) is 12.4 Å². The zero-order chi connectivity index (χ0) is 18.4. The minimum absolute atomic E-state index is 0.304. The number of pyridine rings is 1. The monoisotopic (exact) mass is 348 g/mol. The molecule has 0 spiro atoms. The highest BCUT2D eigenvalue weighted by atomic mass is 16.5. The lowest BCUT2D eigenvalue weighted by molar-refractivity contribution is 0.102. The minimum atomic E-state index is -0.304. The Morgan fingerprint density at radius 3 is 2.54 bits per heavy atom. The van der Waals surface area contributed by atoms with Crippen molar-refractivity contribution in [1.82, 2.24) is 4.98 Å². The summed E-state index contributed by atoms with van der Waals surface area (Å²) < 4.78 is 11.1. The number of aromatic nitrogens is 1. The smallest absolute Gasteiger partial charge is 0.260 e. The number of nitrogens with one attached hydrogen (secondary N) is 1. The molecule has 2 aromatic carbocycles. The molecule has 0 unspecified atom stereocenters. The van der Waals surface area contributed by atoms with Gasteiger partial charge in [-0.2, -0.15) is 0 Å². The molecule has 3 aromatic rings. The van der Waals surface area contributed by atoms with Gasteiger partial charge in [0.05, 0.1) is 12.7 Å². The van der Waals surface area contributed by atoms with Crippen molar-refractivity contribution < 1.29 is 14.3 Å². The van der Waals surface area contributed by atoms with Crippen LogP contribution in [0.4, 0.5) is 5.82 Å². The number of hydrogen-bond donors (Lipinski definition) is 1. The van der Waals surface area contributed by atoms with Crippen LogP contribution in [-0.2, 0) is 6.61 Å². The van der Waals surface area contributed by atoms with Crippen LogP contribution in [0.1, 0.15) is 21.5 Å². The summed E-state index contributed by atoms with van der Waals surface area (Å²) in [7, 11) is 1.53. The molecular formula is C21H20N2O3. The highest BCUT2D eigenvalue weighted by Crippen LogP contribution is 2.25. The molecular weight excluding hydrogens is 328 g/mol. The normalized spacial score (nSPS) is 10.2. The number of amides is 1. The van der Waals surface area contributed by atoms with E-state index in [9.17, 15) is 4.79 Å². The molecule has 0 radical (unpaired) electrons. The number of carbonyl (C=O) groups is 1. The van der Waals surface area contributed by atoms with Gasteiger partial charge in [0, 0.05) is 6.20 Å². The Hall–Kier alpha value is -3.34. The van der Waals surface area contributed by atoms with E-state index < -0.39 is 0 Å². The second-order valence-corrected chi connectivity index (χ2v) is 5.72. The average molecular weight is 348 g/mol. The van der Waals surface area contributed by atoms with Crippen LogP contribution in [0.3, 0.4) is 0 Å². The maximum Gasteiger partial charge on any atom is 0.260 e. The second-order valence-electron chi connectivity index (χ2n) is 5.72. The molecule has 132 valence electrons. The van der Waals surface area contributed by atoms with Crippen molar-refractivity contribution >= 4 is 11.7 Å². The first kappa shape index (κ1) is 17.5. The van der Waals surface area contributed by atoms with E-state index >= 15 is 0 Å². The number of hydrogen-bond acceptors (Lipinski definition) is 4. The number of benzene rings is 2. The number of nitrogens with zero attached hydrogens (tertiary/aromatic N) is 1. The van der Waals surface area contributed by atoms with E-state index in [0.29, 0.717) is 29.5 Å². The predicted octanol–water partition coefficient (Wildman–Crippen LogP) is 4.23. The number of rotatable bonds is 6. The predicted molar refractivity (Wildman–Crippen MR) is 101 cm³/mol. The van der Waals surface area contributed by atoms with E-state index in [1.807, 2.05) is 37.3 Å². The Bertz CT molecular complexity index is 909. The molecule has 5 nitrogen and oxygen atoms in total. The number of anilines is 1. The summed E-state index contributed by atoms with van der Waals surface area (Å²) in [4.78, 5) is 16.8. The summed E-state index contributed by atoms with van der Waals surface area (Å²) in [6.07, 6.45) is 1.61. The summed E-state index contributed by atoms with van der Waals surface area (Å²) in [5.41, 5.74) is 2.67. The van der Waals surface area contributed by atoms with Crippen LogP contribution in [-0.4, -0.2) is 18.0 Å². The molecule has 1 aromatic heterocycles. The number of para-hydroxylation sites is 1. The van der Waals surface area contributed by atoms with E-state index in [2.05, 4.69) is 10.3 Å². The lowest BCUT2D eigenvalue weighted by Crippen LogP contribution is -2.15. The maximum absolute atomic E-state index is 12.6. The van der Waals surface area contributed by atoms with Gasteiger partial charge in [-0.15, -0.1) is 0 Å². The molecule has 0 fully saturated rings.